The van der Waals surface area contributed by atoms with Gasteiger partial charge in [0.1, 0.15) is 6.04 Å². The molecule has 0 bridgehead atoms. The highest BCUT2D eigenvalue weighted by atomic mass is 16.2. The van der Waals surface area contributed by atoms with E-state index < -0.39 is 6.04 Å². The number of hydrogen-bond acceptors (Lipinski definition) is 3. The highest BCUT2D eigenvalue weighted by Crippen LogP contribution is 2.03. The number of hydrogen-bond donors (Lipinski definition) is 3. The molecular weight excluding hydrogens is 282 g/mol. The molecule has 3 amide bonds. The Hall–Kier alpha value is -1.59. The van der Waals surface area contributed by atoms with Crippen LogP contribution in [0.15, 0.2) is 0 Å². The summed E-state index contributed by atoms with van der Waals surface area (Å²) in [6.45, 7) is 9.82. The van der Waals surface area contributed by atoms with Gasteiger partial charge in [-0.3, -0.25) is 14.4 Å². The molecule has 0 aliphatic heterocycles. The Balaban J connectivity index is 4.20. The van der Waals surface area contributed by atoms with Gasteiger partial charge in [0.05, 0.1) is 0 Å². The Labute approximate surface area is 133 Å². The monoisotopic (exact) mass is 313 g/mol. The number of rotatable bonds is 10. The molecular formula is C16H31N3O3. The molecule has 3 N–H and O–H groups in total. The van der Waals surface area contributed by atoms with Crippen molar-refractivity contribution in [2.45, 2.75) is 72.4 Å². The van der Waals surface area contributed by atoms with Crippen LogP contribution in [0.25, 0.3) is 0 Å². The molecule has 6 nitrogen and oxygen atoms in total. The zero-order chi connectivity index (χ0) is 17.1. The van der Waals surface area contributed by atoms with E-state index in [4.69, 9.17) is 0 Å². The van der Waals surface area contributed by atoms with Crippen molar-refractivity contribution < 1.29 is 14.4 Å². The maximum Gasteiger partial charge on any atom is 0.242 e. The molecule has 6 heteroatoms. The molecule has 0 radical (unpaired) electrons. The van der Waals surface area contributed by atoms with Gasteiger partial charge in [0.15, 0.2) is 0 Å². The Kier molecular flexibility index (Phi) is 10.2. The number of nitrogens with one attached hydrogen (secondary N) is 3. The van der Waals surface area contributed by atoms with Crippen LogP contribution in [0.5, 0.6) is 0 Å². The standard InChI is InChI=1S/C16H31N3O3/c1-6-14(20)19-13(16(22)18-12(4)5)9-7-8-10-17-15(21)11(2)3/h11-13H,6-10H2,1-5H3,(H,17,21)(H,18,22)(H,19,20). The van der Waals surface area contributed by atoms with E-state index in [2.05, 4.69) is 16.0 Å². The number of unbranched alkanes of at least 4 members (excludes halogenated alkanes) is 1. The van der Waals surface area contributed by atoms with Crippen molar-refractivity contribution in [3.8, 4) is 0 Å². The summed E-state index contributed by atoms with van der Waals surface area (Å²) in [5.74, 6) is -0.262. The highest BCUT2D eigenvalue weighted by Gasteiger charge is 2.20. The van der Waals surface area contributed by atoms with Crippen LogP contribution in [0.2, 0.25) is 0 Å². The minimum Gasteiger partial charge on any atom is -0.356 e. The summed E-state index contributed by atoms with van der Waals surface area (Å²) < 4.78 is 0. The van der Waals surface area contributed by atoms with Gasteiger partial charge in [-0.15, -0.1) is 0 Å². The summed E-state index contributed by atoms with van der Waals surface area (Å²) in [4.78, 5) is 35.0. The van der Waals surface area contributed by atoms with Crippen LogP contribution in [0.3, 0.4) is 0 Å². The predicted molar refractivity (Wildman–Crippen MR) is 87.2 cm³/mol. The van der Waals surface area contributed by atoms with Crippen LogP contribution in [-0.2, 0) is 14.4 Å². The summed E-state index contributed by atoms with van der Waals surface area (Å²) in [6, 6.07) is -0.463. The van der Waals surface area contributed by atoms with Crippen LogP contribution in [0.4, 0.5) is 0 Å². The van der Waals surface area contributed by atoms with E-state index in [1.807, 2.05) is 27.7 Å². The Morgan fingerprint density at radius 2 is 1.55 bits per heavy atom. The van der Waals surface area contributed by atoms with E-state index in [1.54, 1.807) is 6.92 Å². The third kappa shape index (κ3) is 9.37. The molecule has 0 saturated carbocycles. The van der Waals surface area contributed by atoms with Crippen molar-refractivity contribution in [2.24, 2.45) is 5.92 Å². The lowest BCUT2D eigenvalue weighted by Crippen LogP contribution is -2.48. The minimum atomic E-state index is -0.504. The lowest BCUT2D eigenvalue weighted by atomic mass is 10.1. The fourth-order valence-corrected chi connectivity index (χ4v) is 1.84. The molecule has 0 heterocycles. The quantitative estimate of drug-likeness (QED) is 0.532. The van der Waals surface area contributed by atoms with Crippen LogP contribution in [0, 0.1) is 5.92 Å². The minimum absolute atomic E-state index is 0.0200. The smallest absolute Gasteiger partial charge is 0.242 e. The second kappa shape index (κ2) is 11.0. The molecule has 0 fully saturated rings. The zero-order valence-corrected chi connectivity index (χ0v) is 14.5. The van der Waals surface area contributed by atoms with Crippen LogP contribution in [0.1, 0.15) is 60.3 Å². The van der Waals surface area contributed by atoms with E-state index in [9.17, 15) is 14.4 Å². The van der Waals surface area contributed by atoms with Crippen molar-refractivity contribution in [1.82, 2.24) is 16.0 Å². The lowest BCUT2D eigenvalue weighted by molar-refractivity contribution is -0.129. The number of carbonyl (C=O) groups is 3. The molecule has 0 aromatic carbocycles. The summed E-state index contributed by atoms with van der Waals surface area (Å²) >= 11 is 0. The Bertz CT molecular complexity index is 368. The molecule has 22 heavy (non-hydrogen) atoms. The first-order chi connectivity index (χ1) is 10.3. The molecule has 0 aromatic rings. The van der Waals surface area contributed by atoms with E-state index in [1.165, 1.54) is 0 Å². The summed E-state index contributed by atoms with van der Waals surface area (Å²) in [5.41, 5.74) is 0. The molecule has 0 spiro atoms. The maximum absolute atomic E-state index is 12.1. The fraction of sp³-hybridized carbons (Fsp3) is 0.812. The van der Waals surface area contributed by atoms with E-state index >= 15 is 0 Å². The first-order valence-electron chi connectivity index (χ1n) is 8.15. The maximum atomic E-state index is 12.1. The van der Waals surface area contributed by atoms with Crippen molar-refractivity contribution in [1.29, 1.82) is 0 Å². The second-order valence-corrected chi connectivity index (χ2v) is 6.08. The van der Waals surface area contributed by atoms with Gasteiger partial charge < -0.3 is 16.0 Å². The molecule has 0 aliphatic rings. The first kappa shape index (κ1) is 20.4. The van der Waals surface area contributed by atoms with Crippen molar-refractivity contribution >= 4 is 17.7 Å². The van der Waals surface area contributed by atoms with E-state index in [0.717, 1.165) is 12.8 Å². The van der Waals surface area contributed by atoms with Crippen LogP contribution < -0.4 is 16.0 Å². The fourth-order valence-electron chi connectivity index (χ4n) is 1.84. The molecule has 1 atom stereocenters. The zero-order valence-electron chi connectivity index (χ0n) is 14.5. The molecule has 0 rings (SSSR count). The van der Waals surface area contributed by atoms with Crippen molar-refractivity contribution in [3.63, 3.8) is 0 Å². The number of carbonyl (C=O) groups excluding carboxylic acids is 3. The van der Waals surface area contributed by atoms with Gasteiger partial charge in [0.25, 0.3) is 0 Å². The summed E-state index contributed by atoms with van der Waals surface area (Å²) in [7, 11) is 0. The van der Waals surface area contributed by atoms with Gasteiger partial charge in [0.2, 0.25) is 17.7 Å². The normalized spacial score (nSPS) is 12.1. The van der Waals surface area contributed by atoms with Gasteiger partial charge in [-0.05, 0) is 33.1 Å². The average molecular weight is 313 g/mol. The van der Waals surface area contributed by atoms with Gasteiger partial charge in [-0.1, -0.05) is 20.8 Å². The van der Waals surface area contributed by atoms with Gasteiger partial charge in [-0.25, -0.2) is 0 Å². The lowest BCUT2D eigenvalue weighted by Gasteiger charge is -2.19. The molecule has 0 aliphatic carbocycles. The van der Waals surface area contributed by atoms with Gasteiger partial charge in [-0.2, -0.15) is 0 Å². The van der Waals surface area contributed by atoms with Crippen LogP contribution in [-0.4, -0.2) is 36.3 Å². The number of amides is 3. The predicted octanol–water partition coefficient (Wildman–Crippen LogP) is 1.35. The summed E-state index contributed by atoms with van der Waals surface area (Å²) in [5, 5.41) is 8.42. The van der Waals surface area contributed by atoms with Crippen LogP contribution >= 0.6 is 0 Å². The molecule has 0 aromatic heterocycles. The summed E-state index contributed by atoms with van der Waals surface area (Å²) in [6.07, 6.45) is 2.47. The first-order valence-corrected chi connectivity index (χ1v) is 8.15. The molecule has 0 saturated heterocycles. The largest absolute Gasteiger partial charge is 0.356 e. The third-order valence-corrected chi connectivity index (χ3v) is 3.15. The third-order valence-electron chi connectivity index (χ3n) is 3.15. The van der Waals surface area contributed by atoms with Crippen molar-refractivity contribution in [2.75, 3.05) is 6.54 Å². The topological polar surface area (TPSA) is 87.3 Å². The second-order valence-electron chi connectivity index (χ2n) is 6.08. The molecule has 128 valence electrons. The van der Waals surface area contributed by atoms with E-state index in [0.29, 0.717) is 19.4 Å². The Morgan fingerprint density at radius 3 is 2.05 bits per heavy atom. The average Bonchev–Trinajstić information content (AvgIpc) is 2.44. The highest BCUT2D eigenvalue weighted by molar-refractivity contribution is 5.87. The van der Waals surface area contributed by atoms with Gasteiger partial charge in [0, 0.05) is 24.9 Å². The molecule has 1 unspecified atom stereocenters. The Morgan fingerprint density at radius 1 is 0.909 bits per heavy atom. The van der Waals surface area contributed by atoms with Gasteiger partial charge >= 0.3 is 0 Å². The SMILES string of the molecule is CCC(=O)NC(CCCCNC(=O)C(C)C)C(=O)NC(C)C. The van der Waals surface area contributed by atoms with E-state index in [-0.39, 0.29) is 29.7 Å². The van der Waals surface area contributed by atoms with Crippen molar-refractivity contribution in [3.05, 3.63) is 0 Å².